The van der Waals surface area contributed by atoms with E-state index in [2.05, 4.69) is 31.0 Å². The molecule has 16 heavy (non-hydrogen) atoms. The Morgan fingerprint density at radius 2 is 2.12 bits per heavy atom. The Morgan fingerprint density at radius 1 is 1.50 bits per heavy atom. The van der Waals surface area contributed by atoms with Crippen molar-refractivity contribution in [3.05, 3.63) is 0 Å². The maximum atomic E-state index is 12.3. The molecule has 1 saturated heterocycles. The second kappa shape index (κ2) is 5.64. The third kappa shape index (κ3) is 2.74. The maximum absolute atomic E-state index is 12.3. The van der Waals surface area contributed by atoms with Gasteiger partial charge in [-0.25, -0.2) is 0 Å². The van der Waals surface area contributed by atoms with Crippen molar-refractivity contribution in [1.82, 2.24) is 15.1 Å². The summed E-state index contributed by atoms with van der Waals surface area (Å²) in [4.78, 5) is 16.5. The largest absolute Gasteiger partial charge is 0.342 e. The van der Waals surface area contributed by atoms with Gasteiger partial charge in [-0.2, -0.15) is 0 Å². The van der Waals surface area contributed by atoms with Crippen molar-refractivity contribution in [3.8, 4) is 0 Å². The third-order valence-corrected chi connectivity index (χ3v) is 3.56. The van der Waals surface area contributed by atoms with E-state index in [0.717, 1.165) is 19.5 Å². The lowest BCUT2D eigenvalue weighted by atomic mass is 10.1. The van der Waals surface area contributed by atoms with Crippen molar-refractivity contribution in [1.29, 1.82) is 0 Å². The zero-order chi connectivity index (χ0) is 12.3. The molecule has 1 fully saturated rings. The predicted octanol–water partition coefficient (Wildman–Crippen LogP) is 0.535. The molecule has 1 aliphatic heterocycles. The number of nitrogens with one attached hydrogen (secondary N) is 1. The van der Waals surface area contributed by atoms with Crippen molar-refractivity contribution in [3.63, 3.8) is 0 Å². The molecule has 4 heteroatoms. The number of nitrogens with zero attached hydrogens (tertiary/aromatic N) is 2. The van der Waals surface area contributed by atoms with Gasteiger partial charge in [0, 0.05) is 32.2 Å². The molecule has 0 aliphatic carbocycles. The molecule has 94 valence electrons. The van der Waals surface area contributed by atoms with Gasteiger partial charge in [0.1, 0.15) is 6.04 Å². The van der Waals surface area contributed by atoms with Crippen LogP contribution in [-0.4, -0.2) is 61.0 Å². The van der Waals surface area contributed by atoms with E-state index in [1.165, 1.54) is 0 Å². The lowest BCUT2D eigenvalue weighted by Gasteiger charge is -2.32. The number of rotatable bonds is 3. The number of hydrogen-bond acceptors (Lipinski definition) is 3. The van der Waals surface area contributed by atoms with E-state index < -0.39 is 0 Å². The fourth-order valence-corrected chi connectivity index (χ4v) is 2.30. The first kappa shape index (κ1) is 13.5. The Morgan fingerprint density at radius 3 is 2.62 bits per heavy atom. The summed E-state index contributed by atoms with van der Waals surface area (Å²) in [5, 5.41) is 3.13. The van der Waals surface area contributed by atoms with Crippen molar-refractivity contribution < 1.29 is 4.79 Å². The minimum atomic E-state index is -0.0139. The molecule has 1 amide bonds. The Hall–Kier alpha value is -0.610. The van der Waals surface area contributed by atoms with E-state index in [1.54, 1.807) is 0 Å². The summed E-state index contributed by atoms with van der Waals surface area (Å²) in [5.41, 5.74) is 0. The summed E-state index contributed by atoms with van der Waals surface area (Å²) in [6, 6.07) is 0.747. The topological polar surface area (TPSA) is 35.6 Å². The van der Waals surface area contributed by atoms with Gasteiger partial charge < -0.3 is 10.2 Å². The molecule has 0 spiro atoms. The Balaban J connectivity index is 2.88. The van der Waals surface area contributed by atoms with Gasteiger partial charge in [0.15, 0.2) is 0 Å². The summed E-state index contributed by atoms with van der Waals surface area (Å²) >= 11 is 0. The van der Waals surface area contributed by atoms with Gasteiger partial charge in [0.05, 0.1) is 0 Å². The first-order valence-corrected chi connectivity index (χ1v) is 6.16. The summed E-state index contributed by atoms with van der Waals surface area (Å²) in [5.74, 6) is 0.244. The number of carbonyl (C=O) groups is 1. The molecule has 1 N–H and O–H groups in total. The summed E-state index contributed by atoms with van der Waals surface area (Å²) in [6.45, 7) is 8.17. The molecule has 0 aromatic carbocycles. The molecule has 1 aliphatic rings. The highest BCUT2D eigenvalue weighted by Crippen LogP contribution is 2.17. The lowest BCUT2D eigenvalue weighted by molar-refractivity contribution is -0.135. The van der Waals surface area contributed by atoms with Gasteiger partial charge in [-0.15, -0.1) is 0 Å². The molecule has 0 aromatic rings. The molecule has 0 bridgehead atoms. The third-order valence-electron chi connectivity index (χ3n) is 3.56. The van der Waals surface area contributed by atoms with Crippen LogP contribution in [0.1, 0.15) is 27.2 Å². The van der Waals surface area contributed by atoms with Crippen LogP contribution in [-0.2, 0) is 4.79 Å². The Kier molecular flexibility index (Phi) is 4.74. The fraction of sp³-hybridized carbons (Fsp3) is 0.917. The second-order valence-corrected chi connectivity index (χ2v) is 4.99. The van der Waals surface area contributed by atoms with Crippen LogP contribution >= 0.6 is 0 Å². The van der Waals surface area contributed by atoms with Gasteiger partial charge in [0.25, 0.3) is 0 Å². The SMILES string of the molecule is CNCC1C(=O)N(C)C(C)CCN1C(C)C. The first-order valence-electron chi connectivity index (χ1n) is 6.16. The van der Waals surface area contributed by atoms with E-state index in [1.807, 2.05) is 19.0 Å². The molecule has 0 radical (unpaired) electrons. The van der Waals surface area contributed by atoms with E-state index in [4.69, 9.17) is 0 Å². The molecule has 1 rings (SSSR count). The quantitative estimate of drug-likeness (QED) is 0.764. The molecule has 4 nitrogen and oxygen atoms in total. The fourth-order valence-electron chi connectivity index (χ4n) is 2.30. The highest BCUT2D eigenvalue weighted by atomic mass is 16.2. The van der Waals surface area contributed by atoms with Crippen molar-refractivity contribution in [2.24, 2.45) is 0 Å². The van der Waals surface area contributed by atoms with Gasteiger partial charge in [-0.05, 0) is 34.2 Å². The molecule has 0 aromatic heterocycles. The van der Waals surface area contributed by atoms with Crippen LogP contribution in [0.2, 0.25) is 0 Å². The average Bonchev–Trinajstić information content (AvgIpc) is 2.33. The number of amides is 1. The van der Waals surface area contributed by atoms with Gasteiger partial charge in [0.2, 0.25) is 5.91 Å². The summed E-state index contributed by atoms with van der Waals surface area (Å²) in [6.07, 6.45) is 1.06. The van der Waals surface area contributed by atoms with E-state index in [-0.39, 0.29) is 11.9 Å². The average molecular weight is 227 g/mol. The minimum Gasteiger partial charge on any atom is -0.342 e. The van der Waals surface area contributed by atoms with E-state index in [9.17, 15) is 4.79 Å². The summed E-state index contributed by atoms with van der Waals surface area (Å²) < 4.78 is 0. The number of carbonyl (C=O) groups excluding carboxylic acids is 1. The second-order valence-electron chi connectivity index (χ2n) is 4.99. The Bertz CT molecular complexity index is 242. The monoisotopic (exact) mass is 227 g/mol. The Labute approximate surface area is 99.0 Å². The van der Waals surface area contributed by atoms with Gasteiger partial charge >= 0.3 is 0 Å². The van der Waals surface area contributed by atoms with Crippen molar-refractivity contribution in [2.75, 3.05) is 27.2 Å². The maximum Gasteiger partial charge on any atom is 0.241 e. The summed E-state index contributed by atoms with van der Waals surface area (Å²) in [7, 11) is 3.82. The smallest absolute Gasteiger partial charge is 0.241 e. The van der Waals surface area contributed by atoms with Gasteiger partial charge in [-0.1, -0.05) is 0 Å². The van der Waals surface area contributed by atoms with Crippen LogP contribution in [0.4, 0.5) is 0 Å². The number of likely N-dealkylation sites (N-methyl/N-ethyl adjacent to an activating group) is 2. The molecule has 0 saturated carbocycles. The van der Waals surface area contributed by atoms with Crippen LogP contribution in [0.25, 0.3) is 0 Å². The highest BCUT2D eigenvalue weighted by molar-refractivity contribution is 5.82. The van der Waals surface area contributed by atoms with Crippen LogP contribution in [0.15, 0.2) is 0 Å². The van der Waals surface area contributed by atoms with Crippen LogP contribution in [0.5, 0.6) is 0 Å². The number of hydrogen-bond donors (Lipinski definition) is 1. The molecular weight excluding hydrogens is 202 g/mol. The highest BCUT2D eigenvalue weighted by Gasteiger charge is 2.34. The molecule has 2 atom stereocenters. The molecular formula is C12H25N3O. The normalized spacial score (nSPS) is 28.6. The predicted molar refractivity (Wildman–Crippen MR) is 66.4 cm³/mol. The van der Waals surface area contributed by atoms with E-state index >= 15 is 0 Å². The standard InChI is InChI=1S/C12H25N3O/c1-9(2)15-7-6-10(3)14(5)12(16)11(15)8-13-4/h9-11,13H,6-8H2,1-5H3. The van der Waals surface area contributed by atoms with Crippen LogP contribution < -0.4 is 5.32 Å². The van der Waals surface area contributed by atoms with E-state index in [0.29, 0.717) is 12.1 Å². The first-order chi connectivity index (χ1) is 7.49. The minimum absolute atomic E-state index is 0.0139. The zero-order valence-electron chi connectivity index (χ0n) is 11.2. The van der Waals surface area contributed by atoms with Crippen LogP contribution in [0, 0.1) is 0 Å². The zero-order valence-corrected chi connectivity index (χ0v) is 11.2. The van der Waals surface area contributed by atoms with Crippen LogP contribution in [0.3, 0.4) is 0 Å². The van der Waals surface area contributed by atoms with Crippen molar-refractivity contribution >= 4 is 5.91 Å². The lowest BCUT2D eigenvalue weighted by Crippen LogP contribution is -2.52. The molecule has 1 heterocycles. The molecule has 2 unspecified atom stereocenters. The van der Waals surface area contributed by atoms with Crippen molar-refractivity contribution in [2.45, 2.75) is 45.3 Å². The van der Waals surface area contributed by atoms with Gasteiger partial charge in [-0.3, -0.25) is 9.69 Å².